The number of alkyl halides is 6. The van der Waals surface area contributed by atoms with Crippen LogP contribution in [0.2, 0.25) is 0 Å². The molecule has 2 aliphatic rings. The standard InChI is InChI=1S/C16H22F6O/c17-15(18,19)14(16(20,21)22)12-6-4-11(5-7-12)13-3-1-2-10(8-13)9-23/h9-14H,1-8H2. The van der Waals surface area contributed by atoms with Crippen LogP contribution in [0.15, 0.2) is 0 Å². The number of carbonyl (C=O) groups excluding carboxylic acids is 1. The van der Waals surface area contributed by atoms with Crippen molar-refractivity contribution in [1.82, 2.24) is 0 Å². The molecule has 0 saturated heterocycles. The third kappa shape index (κ3) is 4.63. The summed E-state index contributed by atoms with van der Waals surface area (Å²) in [6.07, 6.45) is -5.35. The minimum Gasteiger partial charge on any atom is -0.303 e. The third-order valence-electron chi connectivity index (χ3n) is 5.61. The Morgan fingerprint density at radius 1 is 0.783 bits per heavy atom. The maximum atomic E-state index is 12.8. The van der Waals surface area contributed by atoms with E-state index in [0.717, 1.165) is 32.0 Å². The molecule has 0 spiro atoms. The van der Waals surface area contributed by atoms with Crippen molar-refractivity contribution in [3.63, 3.8) is 0 Å². The van der Waals surface area contributed by atoms with E-state index in [2.05, 4.69) is 0 Å². The van der Waals surface area contributed by atoms with Gasteiger partial charge in [-0.2, -0.15) is 26.3 Å². The maximum absolute atomic E-state index is 12.8. The Labute approximate surface area is 131 Å². The maximum Gasteiger partial charge on any atom is 0.400 e. The van der Waals surface area contributed by atoms with Gasteiger partial charge in [0.05, 0.1) is 0 Å². The fraction of sp³-hybridized carbons (Fsp3) is 0.938. The second-order valence-electron chi connectivity index (χ2n) is 7.06. The van der Waals surface area contributed by atoms with Gasteiger partial charge in [0.1, 0.15) is 6.29 Å². The Bertz CT molecular complexity index is 380. The lowest BCUT2D eigenvalue weighted by Crippen LogP contribution is -2.43. The van der Waals surface area contributed by atoms with Crippen molar-refractivity contribution in [2.75, 3.05) is 0 Å². The Hall–Kier alpha value is -0.750. The normalized spacial score (nSPS) is 33.7. The second kappa shape index (κ2) is 7.01. The molecule has 0 aliphatic heterocycles. The van der Waals surface area contributed by atoms with Gasteiger partial charge < -0.3 is 4.79 Å². The number of hydrogen-bond acceptors (Lipinski definition) is 1. The zero-order valence-corrected chi connectivity index (χ0v) is 12.8. The average Bonchev–Trinajstić information content (AvgIpc) is 2.45. The highest BCUT2D eigenvalue weighted by Crippen LogP contribution is 2.50. The molecule has 23 heavy (non-hydrogen) atoms. The molecule has 2 fully saturated rings. The minimum atomic E-state index is -5.23. The van der Waals surface area contributed by atoms with Crippen molar-refractivity contribution in [2.24, 2.45) is 29.6 Å². The fourth-order valence-electron chi connectivity index (χ4n) is 4.49. The number of rotatable bonds is 3. The van der Waals surface area contributed by atoms with Crippen molar-refractivity contribution < 1.29 is 31.1 Å². The topological polar surface area (TPSA) is 17.1 Å². The van der Waals surface area contributed by atoms with Crippen LogP contribution < -0.4 is 0 Å². The van der Waals surface area contributed by atoms with Crippen molar-refractivity contribution in [3.8, 4) is 0 Å². The van der Waals surface area contributed by atoms with Crippen LogP contribution in [0.4, 0.5) is 26.3 Å². The lowest BCUT2D eigenvalue weighted by atomic mass is 9.67. The molecule has 2 aliphatic carbocycles. The smallest absolute Gasteiger partial charge is 0.303 e. The lowest BCUT2D eigenvalue weighted by molar-refractivity contribution is -0.301. The van der Waals surface area contributed by atoms with Gasteiger partial charge >= 0.3 is 12.4 Å². The molecule has 0 N–H and O–H groups in total. The molecule has 0 amide bonds. The first-order valence-electron chi connectivity index (χ1n) is 8.21. The van der Waals surface area contributed by atoms with E-state index >= 15 is 0 Å². The fourth-order valence-corrected chi connectivity index (χ4v) is 4.49. The molecule has 0 bridgehead atoms. The molecule has 2 saturated carbocycles. The summed E-state index contributed by atoms with van der Waals surface area (Å²) in [6, 6.07) is 0. The number of carbonyl (C=O) groups is 1. The molecule has 2 rings (SSSR count). The molecule has 2 atom stereocenters. The third-order valence-corrected chi connectivity index (χ3v) is 5.61. The van der Waals surface area contributed by atoms with Crippen LogP contribution in [0.3, 0.4) is 0 Å². The van der Waals surface area contributed by atoms with Crippen LogP contribution in [0, 0.1) is 29.6 Å². The summed E-state index contributed by atoms with van der Waals surface area (Å²) in [5.41, 5.74) is 0. The van der Waals surface area contributed by atoms with Gasteiger partial charge in [-0.1, -0.05) is 12.8 Å². The van der Waals surface area contributed by atoms with E-state index in [4.69, 9.17) is 0 Å². The van der Waals surface area contributed by atoms with Gasteiger partial charge in [-0.25, -0.2) is 0 Å². The second-order valence-corrected chi connectivity index (χ2v) is 7.06. The van der Waals surface area contributed by atoms with Crippen LogP contribution >= 0.6 is 0 Å². The highest BCUT2D eigenvalue weighted by atomic mass is 19.4. The predicted molar refractivity (Wildman–Crippen MR) is 72.6 cm³/mol. The first kappa shape index (κ1) is 18.6. The zero-order valence-electron chi connectivity index (χ0n) is 12.8. The van der Waals surface area contributed by atoms with Crippen molar-refractivity contribution in [2.45, 2.75) is 63.7 Å². The minimum absolute atomic E-state index is 0.00423. The van der Waals surface area contributed by atoms with Crippen LogP contribution in [0.1, 0.15) is 51.4 Å². The first-order chi connectivity index (χ1) is 10.6. The predicted octanol–water partition coefficient (Wildman–Crippen LogP) is 5.54. The van der Waals surface area contributed by atoms with Crippen LogP contribution in [0.25, 0.3) is 0 Å². The summed E-state index contributed by atoms with van der Waals surface area (Å²) in [5.74, 6) is -4.13. The molecule has 2 unspecified atom stereocenters. The largest absolute Gasteiger partial charge is 0.400 e. The van der Waals surface area contributed by atoms with Gasteiger partial charge in [-0.3, -0.25) is 0 Å². The van der Waals surface area contributed by atoms with Gasteiger partial charge in [0, 0.05) is 5.92 Å². The van der Waals surface area contributed by atoms with Gasteiger partial charge in [-0.05, 0) is 56.3 Å². The molecule has 0 aromatic rings. The Balaban J connectivity index is 1.96. The summed E-state index contributed by atoms with van der Waals surface area (Å²) in [6.45, 7) is 0. The molecule has 0 aromatic carbocycles. The number of hydrogen-bond donors (Lipinski definition) is 0. The van der Waals surface area contributed by atoms with Crippen molar-refractivity contribution >= 4 is 6.29 Å². The van der Waals surface area contributed by atoms with E-state index in [-0.39, 0.29) is 30.6 Å². The molecular weight excluding hydrogens is 322 g/mol. The molecule has 134 valence electrons. The quantitative estimate of drug-likeness (QED) is 0.485. The van der Waals surface area contributed by atoms with Gasteiger partial charge in [0.2, 0.25) is 0 Å². The lowest BCUT2D eigenvalue weighted by Gasteiger charge is -2.40. The zero-order chi connectivity index (χ0) is 17.3. The van der Waals surface area contributed by atoms with Crippen molar-refractivity contribution in [1.29, 1.82) is 0 Å². The molecule has 7 heteroatoms. The number of halogens is 6. The Morgan fingerprint density at radius 3 is 1.83 bits per heavy atom. The highest BCUT2D eigenvalue weighted by Gasteiger charge is 2.60. The molecular formula is C16H22F6O. The van der Waals surface area contributed by atoms with E-state index in [1.807, 2.05) is 0 Å². The Morgan fingerprint density at radius 2 is 1.35 bits per heavy atom. The van der Waals surface area contributed by atoms with Gasteiger partial charge in [0.25, 0.3) is 0 Å². The first-order valence-corrected chi connectivity index (χ1v) is 8.21. The average molecular weight is 344 g/mol. The van der Waals surface area contributed by atoms with E-state index in [0.29, 0.717) is 12.8 Å². The summed E-state index contributed by atoms with van der Waals surface area (Å²) in [4.78, 5) is 10.9. The van der Waals surface area contributed by atoms with Gasteiger partial charge in [0.15, 0.2) is 5.92 Å². The van der Waals surface area contributed by atoms with E-state index in [9.17, 15) is 31.1 Å². The summed E-state index contributed by atoms with van der Waals surface area (Å²) >= 11 is 0. The van der Waals surface area contributed by atoms with Crippen LogP contribution in [-0.2, 0) is 4.79 Å². The highest BCUT2D eigenvalue weighted by molar-refractivity contribution is 5.53. The molecule has 0 heterocycles. The van der Waals surface area contributed by atoms with E-state index in [1.54, 1.807) is 0 Å². The van der Waals surface area contributed by atoms with Crippen LogP contribution in [-0.4, -0.2) is 18.6 Å². The number of aldehydes is 1. The monoisotopic (exact) mass is 344 g/mol. The van der Waals surface area contributed by atoms with E-state index < -0.39 is 24.2 Å². The molecule has 0 radical (unpaired) electrons. The SMILES string of the molecule is O=CC1CCCC(C2CCC(C(C(F)(F)F)C(F)(F)F)CC2)C1. The Kier molecular flexibility index (Phi) is 5.67. The van der Waals surface area contributed by atoms with Gasteiger partial charge in [-0.15, -0.1) is 0 Å². The summed E-state index contributed by atoms with van der Waals surface area (Å²) < 4.78 is 76.7. The molecule has 0 aromatic heterocycles. The van der Waals surface area contributed by atoms with Crippen LogP contribution in [0.5, 0.6) is 0 Å². The summed E-state index contributed by atoms with van der Waals surface area (Å²) in [5, 5.41) is 0. The van der Waals surface area contributed by atoms with E-state index in [1.165, 1.54) is 0 Å². The summed E-state index contributed by atoms with van der Waals surface area (Å²) in [7, 11) is 0. The van der Waals surface area contributed by atoms with Crippen molar-refractivity contribution in [3.05, 3.63) is 0 Å². The molecule has 1 nitrogen and oxygen atoms in total.